The molecule has 110 valence electrons. The molecule has 0 aromatic heterocycles. The zero-order valence-corrected chi connectivity index (χ0v) is 11.7. The third-order valence-corrected chi connectivity index (χ3v) is 4.03. The minimum atomic E-state index is -1.44. The zero-order chi connectivity index (χ0) is 15.0. The van der Waals surface area contributed by atoms with Crippen molar-refractivity contribution in [3.8, 4) is 0 Å². The molecule has 0 saturated carbocycles. The maximum absolute atomic E-state index is 13.7. The van der Waals surface area contributed by atoms with E-state index < -0.39 is 17.5 Å². The molecule has 21 heavy (non-hydrogen) atoms. The number of benzene rings is 2. The Morgan fingerprint density at radius 1 is 0.952 bits per heavy atom. The molecule has 4 heteroatoms. The molecule has 2 aromatic rings. The topological polar surface area (TPSA) is 12.0 Å². The van der Waals surface area contributed by atoms with Crippen molar-refractivity contribution in [2.24, 2.45) is 0 Å². The fourth-order valence-corrected chi connectivity index (χ4v) is 2.82. The van der Waals surface area contributed by atoms with Crippen molar-refractivity contribution in [1.29, 1.82) is 0 Å². The molecule has 2 aromatic carbocycles. The van der Waals surface area contributed by atoms with E-state index in [2.05, 4.69) is 17.4 Å². The first-order chi connectivity index (χ1) is 10.1. The van der Waals surface area contributed by atoms with Gasteiger partial charge in [-0.1, -0.05) is 18.2 Å². The summed E-state index contributed by atoms with van der Waals surface area (Å²) < 4.78 is 39.8. The molecule has 3 rings (SSSR count). The summed E-state index contributed by atoms with van der Waals surface area (Å²) in [7, 11) is 0. The fraction of sp³-hybridized carbons (Fsp3) is 0.294. The Hall–Kier alpha value is -1.97. The largest absolute Gasteiger partial charge is 0.376 e. The highest BCUT2D eigenvalue weighted by Crippen LogP contribution is 2.28. The van der Waals surface area contributed by atoms with Gasteiger partial charge in [0.15, 0.2) is 17.5 Å². The molecule has 1 nitrogen and oxygen atoms in total. The van der Waals surface area contributed by atoms with Gasteiger partial charge in [0.1, 0.15) is 0 Å². The van der Waals surface area contributed by atoms with Crippen LogP contribution in [-0.4, -0.2) is 0 Å². The number of nitrogens with one attached hydrogen (secondary N) is 1. The lowest BCUT2D eigenvalue weighted by Crippen LogP contribution is -2.09. The Morgan fingerprint density at radius 3 is 2.52 bits per heavy atom. The van der Waals surface area contributed by atoms with Gasteiger partial charge in [-0.2, -0.15) is 0 Å². The van der Waals surface area contributed by atoms with Crippen LogP contribution in [0.1, 0.15) is 36.1 Å². The van der Waals surface area contributed by atoms with Gasteiger partial charge in [-0.15, -0.1) is 0 Å². The highest BCUT2D eigenvalue weighted by atomic mass is 19.2. The van der Waals surface area contributed by atoms with E-state index in [0.29, 0.717) is 0 Å². The summed E-state index contributed by atoms with van der Waals surface area (Å²) >= 11 is 0. The van der Waals surface area contributed by atoms with E-state index in [1.807, 2.05) is 13.0 Å². The summed E-state index contributed by atoms with van der Waals surface area (Å²) in [5.74, 6) is -3.80. The van der Waals surface area contributed by atoms with Gasteiger partial charge < -0.3 is 5.32 Å². The predicted molar refractivity (Wildman–Crippen MR) is 76.8 cm³/mol. The molecule has 1 aliphatic rings. The first kappa shape index (κ1) is 14.0. The molecular formula is C17H16F3N. The lowest BCUT2D eigenvalue weighted by Gasteiger charge is -2.17. The number of rotatable bonds is 3. The first-order valence-corrected chi connectivity index (χ1v) is 7.08. The molecule has 0 aliphatic heterocycles. The molecule has 1 aliphatic carbocycles. The van der Waals surface area contributed by atoms with Gasteiger partial charge >= 0.3 is 0 Å². The number of hydrogen-bond acceptors (Lipinski definition) is 1. The standard InChI is InChI=1S/C17H16F3N/c1-10(12-6-5-11-3-2-4-13(11)9-12)21-15-8-7-14(18)16(19)17(15)20/h5-10,21H,2-4H2,1H3. The summed E-state index contributed by atoms with van der Waals surface area (Å²) in [6.45, 7) is 1.87. The van der Waals surface area contributed by atoms with Crippen LogP contribution < -0.4 is 5.32 Å². The monoisotopic (exact) mass is 291 g/mol. The van der Waals surface area contributed by atoms with Gasteiger partial charge in [-0.3, -0.25) is 0 Å². The minimum Gasteiger partial charge on any atom is -0.376 e. The Balaban J connectivity index is 1.83. The van der Waals surface area contributed by atoms with Crippen LogP contribution in [0, 0.1) is 17.5 Å². The van der Waals surface area contributed by atoms with Crippen LogP contribution in [0.15, 0.2) is 30.3 Å². The molecule has 0 fully saturated rings. The fourth-order valence-electron chi connectivity index (χ4n) is 2.82. The Labute approximate surface area is 121 Å². The predicted octanol–water partition coefficient (Wildman–Crippen LogP) is 4.77. The molecule has 0 heterocycles. The Kier molecular flexibility index (Phi) is 3.62. The number of hydrogen-bond donors (Lipinski definition) is 1. The van der Waals surface area contributed by atoms with E-state index in [-0.39, 0.29) is 11.7 Å². The average molecular weight is 291 g/mol. The quantitative estimate of drug-likeness (QED) is 0.803. The zero-order valence-electron chi connectivity index (χ0n) is 11.7. The molecular weight excluding hydrogens is 275 g/mol. The van der Waals surface area contributed by atoms with E-state index in [9.17, 15) is 13.2 Å². The summed E-state index contributed by atoms with van der Waals surface area (Å²) in [6, 6.07) is 8.16. The molecule has 0 spiro atoms. The van der Waals surface area contributed by atoms with Crippen LogP contribution in [0.2, 0.25) is 0 Å². The second-order valence-electron chi connectivity index (χ2n) is 5.47. The van der Waals surface area contributed by atoms with Crippen molar-refractivity contribution >= 4 is 5.69 Å². The number of halogens is 3. The smallest absolute Gasteiger partial charge is 0.196 e. The van der Waals surface area contributed by atoms with Gasteiger partial charge in [0.05, 0.1) is 5.69 Å². The van der Waals surface area contributed by atoms with E-state index >= 15 is 0 Å². The van der Waals surface area contributed by atoms with Crippen molar-refractivity contribution < 1.29 is 13.2 Å². The van der Waals surface area contributed by atoms with Crippen molar-refractivity contribution in [1.82, 2.24) is 0 Å². The highest BCUT2D eigenvalue weighted by Gasteiger charge is 2.17. The van der Waals surface area contributed by atoms with Crippen LogP contribution in [0.25, 0.3) is 0 Å². The van der Waals surface area contributed by atoms with Crippen LogP contribution in [0.5, 0.6) is 0 Å². The normalized spacial score (nSPS) is 14.9. The Bertz CT molecular complexity index is 682. The van der Waals surface area contributed by atoms with Crippen LogP contribution in [0.3, 0.4) is 0 Å². The maximum atomic E-state index is 13.7. The molecule has 0 saturated heterocycles. The number of anilines is 1. The van der Waals surface area contributed by atoms with Gasteiger partial charge in [0.2, 0.25) is 0 Å². The summed E-state index contributed by atoms with van der Waals surface area (Å²) in [5, 5.41) is 2.90. The molecule has 0 amide bonds. The second-order valence-corrected chi connectivity index (χ2v) is 5.47. The first-order valence-electron chi connectivity index (χ1n) is 7.08. The van der Waals surface area contributed by atoms with Crippen LogP contribution in [0.4, 0.5) is 18.9 Å². The van der Waals surface area contributed by atoms with Crippen LogP contribution in [-0.2, 0) is 12.8 Å². The van der Waals surface area contributed by atoms with Crippen molar-refractivity contribution in [2.75, 3.05) is 5.32 Å². The van der Waals surface area contributed by atoms with Gasteiger partial charge in [-0.05, 0) is 55.0 Å². The third kappa shape index (κ3) is 2.62. The van der Waals surface area contributed by atoms with E-state index in [4.69, 9.17) is 0 Å². The third-order valence-electron chi connectivity index (χ3n) is 4.03. The second kappa shape index (κ2) is 5.43. The summed E-state index contributed by atoms with van der Waals surface area (Å²) in [4.78, 5) is 0. The van der Waals surface area contributed by atoms with Gasteiger partial charge in [-0.25, -0.2) is 13.2 Å². The lowest BCUT2D eigenvalue weighted by molar-refractivity contribution is 0.448. The van der Waals surface area contributed by atoms with E-state index in [1.165, 1.54) is 23.6 Å². The lowest BCUT2D eigenvalue weighted by atomic mass is 10.0. The van der Waals surface area contributed by atoms with Crippen molar-refractivity contribution in [2.45, 2.75) is 32.2 Å². The van der Waals surface area contributed by atoms with Crippen molar-refractivity contribution in [3.05, 3.63) is 64.5 Å². The summed E-state index contributed by atoms with van der Waals surface area (Å²) in [6.07, 6.45) is 3.34. The summed E-state index contributed by atoms with van der Waals surface area (Å²) in [5.41, 5.74) is 3.68. The number of aryl methyl sites for hydroxylation is 2. The number of fused-ring (bicyclic) bond motifs is 1. The van der Waals surface area contributed by atoms with Gasteiger partial charge in [0.25, 0.3) is 0 Å². The van der Waals surface area contributed by atoms with Crippen LogP contribution >= 0.6 is 0 Å². The SMILES string of the molecule is CC(Nc1ccc(F)c(F)c1F)c1ccc2c(c1)CCC2. The van der Waals surface area contributed by atoms with E-state index in [1.54, 1.807) is 0 Å². The van der Waals surface area contributed by atoms with Gasteiger partial charge in [0, 0.05) is 6.04 Å². The molecule has 1 N–H and O–H groups in total. The molecule has 1 unspecified atom stereocenters. The molecule has 1 atom stereocenters. The maximum Gasteiger partial charge on any atom is 0.196 e. The van der Waals surface area contributed by atoms with Crippen molar-refractivity contribution in [3.63, 3.8) is 0 Å². The minimum absolute atomic E-state index is 0.0260. The molecule has 0 bridgehead atoms. The van der Waals surface area contributed by atoms with E-state index in [0.717, 1.165) is 24.5 Å². The Morgan fingerprint density at radius 2 is 1.71 bits per heavy atom. The highest BCUT2D eigenvalue weighted by molar-refractivity contribution is 5.48. The average Bonchev–Trinajstić information content (AvgIpc) is 2.95. The molecule has 0 radical (unpaired) electrons.